The molecule has 0 radical (unpaired) electrons. The second-order valence-corrected chi connectivity index (χ2v) is 4.94. The Hall–Kier alpha value is -0.550. The molecule has 1 aliphatic rings. The Morgan fingerprint density at radius 2 is 2.13 bits per heavy atom. The third-order valence-corrected chi connectivity index (χ3v) is 3.98. The maximum absolute atomic E-state index is 11.8. The molecule has 2 rings (SSSR count). The summed E-state index contributed by atoms with van der Waals surface area (Å²) < 4.78 is 2.13. The van der Waals surface area contributed by atoms with Gasteiger partial charge in [0, 0.05) is 5.69 Å². The lowest BCUT2D eigenvalue weighted by molar-refractivity contribution is 0.0677. The summed E-state index contributed by atoms with van der Waals surface area (Å²) in [4.78, 5) is 11.8. The monoisotopic (exact) mass is 274 g/mol. The lowest BCUT2D eigenvalue weighted by atomic mass is 9.93. The van der Waals surface area contributed by atoms with Crippen LogP contribution in [0.1, 0.15) is 37.4 Å². The van der Waals surface area contributed by atoms with Crippen LogP contribution in [0.2, 0.25) is 0 Å². The summed E-state index contributed by atoms with van der Waals surface area (Å²) in [6.45, 7) is 1.84. The minimum atomic E-state index is -0.401. The summed E-state index contributed by atoms with van der Waals surface area (Å²) in [5.41, 5.74) is 0.747. The van der Waals surface area contributed by atoms with Crippen LogP contribution < -0.4 is 5.56 Å². The van der Waals surface area contributed by atoms with E-state index in [1.54, 1.807) is 4.68 Å². The molecule has 84 valence electrons. The van der Waals surface area contributed by atoms with E-state index in [4.69, 9.17) is 0 Å². The second kappa shape index (κ2) is 4.14. The fraction of sp³-hybridized carbons (Fsp3) is 0.700. The average molecular weight is 275 g/mol. The predicted molar refractivity (Wildman–Crippen MR) is 61.0 cm³/mol. The molecule has 1 aromatic rings. The van der Waals surface area contributed by atoms with Crippen molar-refractivity contribution < 1.29 is 5.11 Å². The number of nitrogens with zero attached hydrogens (tertiary/aromatic N) is 1. The normalized spacial score (nSPS) is 26.9. The summed E-state index contributed by atoms with van der Waals surface area (Å²) in [5.74, 6) is 0. The van der Waals surface area contributed by atoms with E-state index in [9.17, 15) is 9.90 Å². The number of hydrogen-bond donors (Lipinski definition) is 2. The molecule has 1 aliphatic carbocycles. The molecule has 0 amide bonds. The van der Waals surface area contributed by atoms with E-state index < -0.39 is 6.10 Å². The molecule has 2 unspecified atom stereocenters. The van der Waals surface area contributed by atoms with Crippen LogP contribution in [-0.2, 0) is 0 Å². The van der Waals surface area contributed by atoms with Gasteiger partial charge in [0.05, 0.1) is 12.1 Å². The molecule has 1 aromatic heterocycles. The van der Waals surface area contributed by atoms with Gasteiger partial charge in [0.1, 0.15) is 4.47 Å². The Morgan fingerprint density at radius 1 is 1.47 bits per heavy atom. The van der Waals surface area contributed by atoms with Crippen LogP contribution in [0.4, 0.5) is 0 Å². The first-order valence-electron chi connectivity index (χ1n) is 5.26. The van der Waals surface area contributed by atoms with E-state index in [2.05, 4.69) is 21.0 Å². The van der Waals surface area contributed by atoms with E-state index in [0.717, 1.165) is 31.4 Å². The molecule has 0 bridgehead atoms. The predicted octanol–water partition coefficient (Wildman–Crippen LogP) is 1.72. The van der Waals surface area contributed by atoms with E-state index in [1.807, 2.05) is 6.92 Å². The first-order chi connectivity index (χ1) is 7.11. The summed E-state index contributed by atoms with van der Waals surface area (Å²) in [7, 11) is 0. The topological polar surface area (TPSA) is 58.0 Å². The number of aromatic amines is 1. The molecule has 0 spiro atoms. The standard InChI is InChI=1S/C10H15BrN2O2/c1-6-9(11)10(15)13(12-6)7-4-2-3-5-8(7)14/h7-8,12,14H,2-5H2,1H3. The highest BCUT2D eigenvalue weighted by Crippen LogP contribution is 2.27. The average Bonchev–Trinajstić information content (AvgIpc) is 2.47. The summed E-state index contributed by atoms with van der Waals surface area (Å²) in [5, 5.41) is 12.9. The van der Waals surface area contributed by atoms with E-state index in [-0.39, 0.29) is 11.6 Å². The van der Waals surface area contributed by atoms with Gasteiger partial charge in [0.2, 0.25) is 0 Å². The molecule has 4 nitrogen and oxygen atoms in total. The van der Waals surface area contributed by atoms with Crippen LogP contribution in [0.25, 0.3) is 0 Å². The van der Waals surface area contributed by atoms with Crippen LogP contribution in [-0.4, -0.2) is 21.0 Å². The summed E-state index contributed by atoms with van der Waals surface area (Å²) >= 11 is 3.24. The van der Waals surface area contributed by atoms with Gasteiger partial charge in [-0.15, -0.1) is 0 Å². The van der Waals surface area contributed by atoms with Gasteiger partial charge in [-0.25, -0.2) is 4.68 Å². The number of aromatic nitrogens is 2. The minimum Gasteiger partial charge on any atom is -0.391 e. The van der Waals surface area contributed by atoms with Crippen LogP contribution in [0, 0.1) is 6.92 Å². The van der Waals surface area contributed by atoms with Crippen molar-refractivity contribution in [2.75, 3.05) is 0 Å². The fourth-order valence-corrected chi connectivity index (χ4v) is 2.45. The van der Waals surface area contributed by atoms with Crippen LogP contribution >= 0.6 is 15.9 Å². The van der Waals surface area contributed by atoms with Gasteiger partial charge < -0.3 is 5.11 Å². The van der Waals surface area contributed by atoms with Crippen LogP contribution in [0.15, 0.2) is 9.27 Å². The number of nitrogens with one attached hydrogen (secondary N) is 1. The molecular formula is C10H15BrN2O2. The van der Waals surface area contributed by atoms with E-state index in [1.165, 1.54) is 0 Å². The first-order valence-corrected chi connectivity index (χ1v) is 6.05. The van der Waals surface area contributed by atoms with Crippen molar-refractivity contribution in [3.05, 3.63) is 20.5 Å². The zero-order valence-corrected chi connectivity index (χ0v) is 10.2. The highest BCUT2D eigenvalue weighted by molar-refractivity contribution is 9.10. The van der Waals surface area contributed by atoms with Crippen LogP contribution in [0.5, 0.6) is 0 Å². The molecule has 0 aromatic carbocycles. The van der Waals surface area contributed by atoms with Gasteiger partial charge in [-0.05, 0) is 35.7 Å². The smallest absolute Gasteiger partial charge is 0.281 e. The Bertz CT molecular complexity index is 410. The van der Waals surface area contributed by atoms with Gasteiger partial charge in [0.15, 0.2) is 0 Å². The Balaban J connectivity index is 2.36. The summed E-state index contributed by atoms with van der Waals surface area (Å²) in [6.07, 6.45) is 3.37. The van der Waals surface area contributed by atoms with Crippen molar-refractivity contribution in [3.63, 3.8) is 0 Å². The largest absolute Gasteiger partial charge is 0.391 e. The van der Waals surface area contributed by atoms with Crippen molar-refractivity contribution in [2.45, 2.75) is 44.8 Å². The van der Waals surface area contributed by atoms with Crippen molar-refractivity contribution in [3.8, 4) is 0 Å². The maximum Gasteiger partial charge on any atom is 0.281 e. The van der Waals surface area contributed by atoms with Crippen molar-refractivity contribution in [1.29, 1.82) is 0 Å². The Kier molecular flexibility index (Phi) is 3.02. The van der Waals surface area contributed by atoms with Gasteiger partial charge in [-0.3, -0.25) is 9.89 Å². The molecule has 1 heterocycles. The van der Waals surface area contributed by atoms with Gasteiger partial charge in [0.25, 0.3) is 5.56 Å². The highest BCUT2D eigenvalue weighted by atomic mass is 79.9. The Labute approximate surface area is 96.4 Å². The van der Waals surface area contributed by atoms with Crippen molar-refractivity contribution in [2.24, 2.45) is 0 Å². The zero-order valence-electron chi connectivity index (χ0n) is 8.66. The molecule has 1 saturated carbocycles. The number of aliphatic hydroxyl groups excluding tert-OH is 1. The van der Waals surface area contributed by atoms with Crippen molar-refractivity contribution >= 4 is 15.9 Å². The second-order valence-electron chi connectivity index (χ2n) is 4.15. The summed E-state index contributed by atoms with van der Waals surface area (Å²) in [6, 6.07) is -0.0868. The zero-order chi connectivity index (χ0) is 11.0. The molecule has 1 fully saturated rings. The lowest BCUT2D eigenvalue weighted by Crippen LogP contribution is -2.33. The van der Waals surface area contributed by atoms with Crippen LogP contribution in [0.3, 0.4) is 0 Å². The number of halogens is 1. The van der Waals surface area contributed by atoms with Crippen molar-refractivity contribution in [1.82, 2.24) is 9.78 Å². The number of aliphatic hydroxyl groups is 1. The fourth-order valence-electron chi connectivity index (χ4n) is 2.17. The number of H-pyrrole nitrogens is 1. The molecule has 5 heteroatoms. The lowest BCUT2D eigenvalue weighted by Gasteiger charge is -2.27. The molecule has 2 atom stereocenters. The molecule has 2 N–H and O–H groups in total. The molecule has 15 heavy (non-hydrogen) atoms. The highest BCUT2D eigenvalue weighted by Gasteiger charge is 2.27. The van der Waals surface area contributed by atoms with E-state index >= 15 is 0 Å². The minimum absolute atomic E-state index is 0.0709. The maximum atomic E-state index is 11.8. The van der Waals surface area contributed by atoms with E-state index in [0.29, 0.717) is 4.47 Å². The quantitative estimate of drug-likeness (QED) is 0.820. The number of hydrogen-bond acceptors (Lipinski definition) is 2. The third-order valence-electron chi connectivity index (χ3n) is 3.05. The Morgan fingerprint density at radius 3 is 2.67 bits per heavy atom. The molecular weight excluding hydrogens is 260 g/mol. The SMILES string of the molecule is Cc1[nH]n(C2CCCCC2O)c(=O)c1Br. The third kappa shape index (κ3) is 1.90. The number of aryl methyl sites for hydroxylation is 1. The van der Waals surface area contributed by atoms with Gasteiger partial charge in [-0.1, -0.05) is 12.8 Å². The van der Waals surface area contributed by atoms with Gasteiger partial charge >= 0.3 is 0 Å². The first kappa shape index (κ1) is 11.0. The molecule has 0 aliphatic heterocycles. The van der Waals surface area contributed by atoms with Gasteiger partial charge in [-0.2, -0.15) is 0 Å². The molecule has 0 saturated heterocycles. The number of rotatable bonds is 1.